The van der Waals surface area contributed by atoms with Gasteiger partial charge in [0.25, 0.3) is 0 Å². The summed E-state index contributed by atoms with van der Waals surface area (Å²) in [6, 6.07) is 5.99. The molecular formula is C15H25NO3. The summed E-state index contributed by atoms with van der Waals surface area (Å²) in [5, 5.41) is 3.46. The number of hydrogen-bond acceptors (Lipinski definition) is 4. The van der Waals surface area contributed by atoms with Gasteiger partial charge in [0.15, 0.2) is 11.5 Å². The van der Waals surface area contributed by atoms with Gasteiger partial charge in [0.1, 0.15) is 0 Å². The molecule has 4 nitrogen and oxygen atoms in total. The molecule has 0 aliphatic heterocycles. The fourth-order valence-corrected chi connectivity index (χ4v) is 1.85. The number of ether oxygens (including phenoxy) is 3. The highest BCUT2D eigenvalue weighted by molar-refractivity contribution is 5.42. The topological polar surface area (TPSA) is 39.7 Å². The van der Waals surface area contributed by atoms with E-state index in [1.54, 1.807) is 14.2 Å². The lowest BCUT2D eigenvalue weighted by Gasteiger charge is -2.25. The average Bonchev–Trinajstić information content (AvgIpc) is 2.38. The Morgan fingerprint density at radius 1 is 1.16 bits per heavy atom. The lowest BCUT2D eigenvalue weighted by atomic mass is 10.1. The van der Waals surface area contributed by atoms with Crippen LogP contribution in [0.25, 0.3) is 0 Å². The van der Waals surface area contributed by atoms with Crippen molar-refractivity contribution in [2.45, 2.75) is 32.9 Å². The molecule has 4 heteroatoms. The van der Waals surface area contributed by atoms with Crippen molar-refractivity contribution in [3.8, 4) is 11.5 Å². The van der Waals surface area contributed by atoms with Gasteiger partial charge in [0, 0.05) is 19.2 Å². The summed E-state index contributed by atoms with van der Waals surface area (Å²) in [6.07, 6.45) is 0. The molecule has 0 fully saturated rings. The molecule has 0 aliphatic carbocycles. The second kappa shape index (κ2) is 7.36. The lowest BCUT2D eigenvalue weighted by Crippen LogP contribution is -2.42. The molecule has 0 saturated heterocycles. The number of benzene rings is 1. The van der Waals surface area contributed by atoms with Crippen molar-refractivity contribution in [3.63, 3.8) is 0 Å². The summed E-state index contributed by atoms with van der Waals surface area (Å²) in [5.41, 5.74) is 1.10. The largest absolute Gasteiger partial charge is 0.493 e. The van der Waals surface area contributed by atoms with Crippen molar-refractivity contribution in [1.82, 2.24) is 5.32 Å². The first-order valence-corrected chi connectivity index (χ1v) is 6.56. The summed E-state index contributed by atoms with van der Waals surface area (Å²) >= 11 is 0. The zero-order valence-corrected chi connectivity index (χ0v) is 12.6. The van der Waals surface area contributed by atoms with E-state index in [9.17, 15) is 0 Å². The molecule has 0 spiro atoms. The first kappa shape index (κ1) is 15.8. The summed E-state index contributed by atoms with van der Waals surface area (Å²) in [6.45, 7) is 8.25. The maximum absolute atomic E-state index is 5.50. The smallest absolute Gasteiger partial charge is 0.161 e. The molecule has 0 atom stereocenters. The van der Waals surface area contributed by atoms with Crippen LogP contribution in [0.3, 0.4) is 0 Å². The molecule has 1 N–H and O–H groups in total. The van der Waals surface area contributed by atoms with Gasteiger partial charge in [-0.25, -0.2) is 0 Å². The quantitative estimate of drug-likeness (QED) is 0.786. The monoisotopic (exact) mass is 267 g/mol. The van der Waals surface area contributed by atoms with Gasteiger partial charge in [-0.15, -0.1) is 0 Å². The van der Waals surface area contributed by atoms with E-state index in [4.69, 9.17) is 14.2 Å². The van der Waals surface area contributed by atoms with Crippen LogP contribution in [0.4, 0.5) is 0 Å². The predicted molar refractivity (Wildman–Crippen MR) is 77.0 cm³/mol. The Hall–Kier alpha value is -1.26. The van der Waals surface area contributed by atoms with Gasteiger partial charge < -0.3 is 19.5 Å². The average molecular weight is 267 g/mol. The molecule has 19 heavy (non-hydrogen) atoms. The van der Waals surface area contributed by atoms with Crippen molar-refractivity contribution >= 4 is 0 Å². The van der Waals surface area contributed by atoms with E-state index in [0.717, 1.165) is 23.6 Å². The minimum absolute atomic E-state index is 0.0550. The van der Waals surface area contributed by atoms with Crippen LogP contribution in [0.2, 0.25) is 0 Å². The summed E-state index contributed by atoms with van der Waals surface area (Å²) in [7, 11) is 3.37. The standard InChI is InChI=1S/C15H25NO3/c1-6-19-13-8-7-12(9-14(13)18-5)10-16-15(2,3)11-17-4/h7-9,16H,6,10-11H2,1-5H3. The maximum Gasteiger partial charge on any atom is 0.161 e. The third-order valence-corrected chi connectivity index (χ3v) is 2.80. The van der Waals surface area contributed by atoms with Crippen LogP contribution in [-0.2, 0) is 11.3 Å². The Bertz CT molecular complexity index is 391. The molecule has 1 aromatic rings. The van der Waals surface area contributed by atoms with Gasteiger partial charge in [0.05, 0.1) is 20.3 Å². The van der Waals surface area contributed by atoms with Gasteiger partial charge in [-0.3, -0.25) is 0 Å². The molecule has 0 aliphatic rings. The molecule has 0 heterocycles. The van der Waals surface area contributed by atoms with E-state index in [1.165, 1.54) is 0 Å². The summed E-state index contributed by atoms with van der Waals surface area (Å²) < 4.78 is 16.0. The second-order valence-corrected chi connectivity index (χ2v) is 5.09. The third-order valence-electron chi connectivity index (χ3n) is 2.80. The van der Waals surface area contributed by atoms with Crippen LogP contribution in [0.1, 0.15) is 26.3 Å². The number of rotatable bonds is 8. The molecule has 0 aromatic heterocycles. The van der Waals surface area contributed by atoms with Gasteiger partial charge in [-0.05, 0) is 38.5 Å². The highest BCUT2D eigenvalue weighted by Gasteiger charge is 2.16. The summed E-state index contributed by atoms with van der Waals surface area (Å²) in [5.74, 6) is 1.55. The Morgan fingerprint density at radius 3 is 2.47 bits per heavy atom. The van der Waals surface area contributed by atoms with E-state index in [-0.39, 0.29) is 5.54 Å². The molecule has 0 amide bonds. The first-order valence-electron chi connectivity index (χ1n) is 6.56. The fourth-order valence-electron chi connectivity index (χ4n) is 1.85. The van der Waals surface area contributed by atoms with Crippen LogP contribution in [0.5, 0.6) is 11.5 Å². The fraction of sp³-hybridized carbons (Fsp3) is 0.600. The van der Waals surface area contributed by atoms with Crippen molar-refractivity contribution in [2.75, 3.05) is 27.4 Å². The molecule has 0 saturated carbocycles. The number of hydrogen-bond donors (Lipinski definition) is 1. The van der Waals surface area contributed by atoms with Crippen LogP contribution in [0, 0.1) is 0 Å². The zero-order valence-electron chi connectivity index (χ0n) is 12.6. The van der Waals surface area contributed by atoms with Crippen LogP contribution < -0.4 is 14.8 Å². The van der Waals surface area contributed by atoms with Gasteiger partial charge in [-0.2, -0.15) is 0 Å². The first-order chi connectivity index (χ1) is 9.02. The van der Waals surface area contributed by atoms with Gasteiger partial charge >= 0.3 is 0 Å². The van der Waals surface area contributed by atoms with Crippen molar-refractivity contribution < 1.29 is 14.2 Å². The van der Waals surface area contributed by atoms with Gasteiger partial charge in [0.2, 0.25) is 0 Å². The SMILES string of the molecule is CCOc1ccc(CNC(C)(C)COC)cc1OC. The van der Waals surface area contributed by atoms with Crippen LogP contribution >= 0.6 is 0 Å². The molecular weight excluding hydrogens is 242 g/mol. The minimum atomic E-state index is -0.0550. The highest BCUT2D eigenvalue weighted by Crippen LogP contribution is 2.28. The van der Waals surface area contributed by atoms with E-state index in [1.807, 2.05) is 25.1 Å². The van der Waals surface area contributed by atoms with Crippen LogP contribution in [0.15, 0.2) is 18.2 Å². The van der Waals surface area contributed by atoms with Crippen molar-refractivity contribution in [2.24, 2.45) is 0 Å². The molecule has 108 valence electrons. The summed E-state index contributed by atoms with van der Waals surface area (Å²) in [4.78, 5) is 0. The predicted octanol–water partition coefficient (Wildman–Crippen LogP) is 2.61. The van der Waals surface area contributed by atoms with E-state index in [0.29, 0.717) is 13.2 Å². The molecule has 1 aromatic carbocycles. The normalized spacial score (nSPS) is 11.4. The number of methoxy groups -OCH3 is 2. The van der Waals surface area contributed by atoms with Crippen molar-refractivity contribution in [1.29, 1.82) is 0 Å². The van der Waals surface area contributed by atoms with E-state index >= 15 is 0 Å². The van der Waals surface area contributed by atoms with E-state index in [2.05, 4.69) is 19.2 Å². The minimum Gasteiger partial charge on any atom is -0.493 e. The Morgan fingerprint density at radius 2 is 1.89 bits per heavy atom. The maximum atomic E-state index is 5.50. The Kier molecular flexibility index (Phi) is 6.12. The Balaban J connectivity index is 2.69. The van der Waals surface area contributed by atoms with Gasteiger partial charge in [-0.1, -0.05) is 6.07 Å². The van der Waals surface area contributed by atoms with Crippen LogP contribution in [-0.4, -0.2) is 33.0 Å². The second-order valence-electron chi connectivity index (χ2n) is 5.09. The van der Waals surface area contributed by atoms with E-state index < -0.39 is 0 Å². The zero-order chi connectivity index (χ0) is 14.3. The molecule has 0 unspecified atom stereocenters. The molecule has 0 radical (unpaired) electrons. The van der Waals surface area contributed by atoms with Crippen molar-refractivity contribution in [3.05, 3.63) is 23.8 Å². The third kappa shape index (κ3) is 5.09. The lowest BCUT2D eigenvalue weighted by molar-refractivity contribution is 0.127. The Labute approximate surface area is 116 Å². The molecule has 0 bridgehead atoms. The number of nitrogens with one attached hydrogen (secondary N) is 1. The highest BCUT2D eigenvalue weighted by atomic mass is 16.5. The molecule has 1 rings (SSSR count).